The Bertz CT molecular complexity index is 382. The zero-order chi connectivity index (χ0) is 12.1. The molecule has 1 unspecified atom stereocenters. The van der Waals surface area contributed by atoms with Crippen molar-refractivity contribution in [3.63, 3.8) is 0 Å². The van der Waals surface area contributed by atoms with Crippen LogP contribution in [0.5, 0.6) is 0 Å². The number of carbonyl (C=O) groups is 1. The number of halogens is 3. The molecule has 5 heteroatoms. The summed E-state index contributed by atoms with van der Waals surface area (Å²) in [5.74, 6) is -0.0949. The number of nitrogens with one attached hydrogen (secondary N) is 1. The van der Waals surface area contributed by atoms with Crippen LogP contribution in [0.3, 0.4) is 0 Å². The highest BCUT2D eigenvalue weighted by Crippen LogP contribution is 2.23. The molecule has 16 heavy (non-hydrogen) atoms. The lowest BCUT2D eigenvalue weighted by atomic mass is 10.2. The second-order valence-corrected chi connectivity index (χ2v) is 6.28. The summed E-state index contributed by atoms with van der Waals surface area (Å²) in [6.07, 6.45) is 0.899. The van der Waals surface area contributed by atoms with E-state index in [-0.39, 0.29) is 5.91 Å². The molecule has 2 nitrogen and oxygen atoms in total. The molecule has 1 aromatic carbocycles. The van der Waals surface area contributed by atoms with Gasteiger partial charge in [-0.2, -0.15) is 0 Å². The second kappa shape index (κ2) is 6.62. The Morgan fingerprint density at radius 2 is 2.25 bits per heavy atom. The van der Waals surface area contributed by atoms with Gasteiger partial charge in [0, 0.05) is 21.4 Å². The maximum absolute atomic E-state index is 11.7. The Balaban J connectivity index is 2.56. The van der Waals surface area contributed by atoms with Gasteiger partial charge in [-0.25, -0.2) is 0 Å². The summed E-state index contributed by atoms with van der Waals surface area (Å²) in [6.45, 7) is 2.70. The molecule has 1 N–H and O–H groups in total. The monoisotopic (exact) mass is 367 g/mol. The molecule has 0 bridgehead atoms. The molecule has 1 aromatic rings. The van der Waals surface area contributed by atoms with Crippen LogP contribution >= 0.6 is 43.5 Å². The zero-order valence-electron chi connectivity index (χ0n) is 8.77. The standard InChI is InChI=1S/C11H12Br2ClNO/c1-7(12)4-5-15-11(16)8-2-3-9(13)10(14)6-8/h2-3,6-7H,4-5H2,1H3,(H,15,16). The number of amides is 1. The van der Waals surface area contributed by atoms with E-state index in [4.69, 9.17) is 11.6 Å². The molecule has 0 aromatic heterocycles. The molecule has 1 atom stereocenters. The molecule has 0 saturated carbocycles. The highest BCUT2D eigenvalue weighted by molar-refractivity contribution is 9.10. The largest absolute Gasteiger partial charge is 0.352 e. The van der Waals surface area contributed by atoms with Crippen molar-refractivity contribution in [3.05, 3.63) is 33.3 Å². The van der Waals surface area contributed by atoms with Gasteiger partial charge in [0.05, 0.1) is 5.02 Å². The molecular weight excluding hydrogens is 357 g/mol. The SMILES string of the molecule is CC(Br)CCNC(=O)c1ccc(Br)c(Cl)c1. The first-order valence-corrected chi connectivity index (χ1v) is 6.96. The van der Waals surface area contributed by atoms with E-state index in [2.05, 4.69) is 37.2 Å². The van der Waals surface area contributed by atoms with Crippen LogP contribution in [0.2, 0.25) is 5.02 Å². The molecule has 0 fully saturated rings. The third kappa shape index (κ3) is 4.44. The van der Waals surface area contributed by atoms with Crippen molar-refractivity contribution in [1.82, 2.24) is 5.32 Å². The molecule has 0 saturated heterocycles. The number of benzene rings is 1. The first kappa shape index (κ1) is 14.0. The number of hydrogen-bond donors (Lipinski definition) is 1. The topological polar surface area (TPSA) is 29.1 Å². The van der Waals surface area contributed by atoms with Gasteiger partial charge in [0.15, 0.2) is 0 Å². The molecule has 0 aliphatic carbocycles. The minimum Gasteiger partial charge on any atom is -0.352 e. The Hall–Kier alpha value is -0.0600. The van der Waals surface area contributed by atoms with E-state index < -0.39 is 0 Å². The zero-order valence-corrected chi connectivity index (χ0v) is 12.7. The van der Waals surface area contributed by atoms with Crippen molar-refractivity contribution in [1.29, 1.82) is 0 Å². The van der Waals surface area contributed by atoms with Crippen molar-refractivity contribution in [3.8, 4) is 0 Å². The van der Waals surface area contributed by atoms with E-state index in [1.54, 1.807) is 18.2 Å². The molecule has 0 aliphatic heterocycles. The number of carbonyl (C=O) groups excluding carboxylic acids is 1. The van der Waals surface area contributed by atoms with E-state index in [0.29, 0.717) is 22.0 Å². The van der Waals surface area contributed by atoms with Gasteiger partial charge in [0.25, 0.3) is 5.91 Å². The lowest BCUT2D eigenvalue weighted by molar-refractivity contribution is 0.0953. The summed E-state index contributed by atoms with van der Waals surface area (Å²) in [6, 6.07) is 5.16. The Kier molecular flexibility index (Phi) is 5.79. The fraction of sp³-hybridized carbons (Fsp3) is 0.364. The van der Waals surface area contributed by atoms with Crippen molar-refractivity contribution in [2.75, 3.05) is 6.54 Å². The van der Waals surface area contributed by atoms with Crippen molar-refractivity contribution >= 4 is 49.4 Å². The average Bonchev–Trinajstić information content (AvgIpc) is 2.21. The van der Waals surface area contributed by atoms with Crippen LogP contribution in [-0.2, 0) is 0 Å². The summed E-state index contributed by atoms with van der Waals surface area (Å²) >= 11 is 12.6. The predicted molar refractivity (Wildman–Crippen MR) is 74.5 cm³/mol. The Morgan fingerprint density at radius 1 is 1.56 bits per heavy atom. The van der Waals surface area contributed by atoms with Gasteiger partial charge in [-0.05, 0) is 40.5 Å². The van der Waals surface area contributed by atoms with Crippen molar-refractivity contribution < 1.29 is 4.79 Å². The maximum atomic E-state index is 11.7. The van der Waals surface area contributed by atoms with E-state index in [1.165, 1.54) is 0 Å². The van der Waals surface area contributed by atoms with E-state index in [1.807, 2.05) is 6.92 Å². The van der Waals surface area contributed by atoms with E-state index in [0.717, 1.165) is 10.9 Å². The maximum Gasteiger partial charge on any atom is 0.251 e. The summed E-state index contributed by atoms with van der Waals surface area (Å²) in [7, 11) is 0. The van der Waals surface area contributed by atoms with Gasteiger partial charge in [-0.15, -0.1) is 0 Å². The molecule has 1 amide bonds. The van der Waals surface area contributed by atoms with Crippen LogP contribution in [0.25, 0.3) is 0 Å². The van der Waals surface area contributed by atoms with Crippen LogP contribution < -0.4 is 5.32 Å². The Labute approximate surface area is 117 Å². The van der Waals surface area contributed by atoms with Gasteiger partial charge in [-0.1, -0.05) is 34.5 Å². The Morgan fingerprint density at radius 3 is 2.81 bits per heavy atom. The predicted octanol–water partition coefficient (Wildman–Crippen LogP) is 4.01. The normalized spacial score (nSPS) is 12.2. The lowest BCUT2D eigenvalue weighted by Crippen LogP contribution is -2.25. The summed E-state index contributed by atoms with van der Waals surface area (Å²) in [5.41, 5.74) is 0.579. The molecule has 0 heterocycles. The molecule has 0 aliphatic rings. The van der Waals surface area contributed by atoms with Gasteiger partial charge in [0.2, 0.25) is 0 Å². The second-order valence-electron chi connectivity index (χ2n) is 3.45. The molecule has 0 radical (unpaired) electrons. The highest BCUT2D eigenvalue weighted by Gasteiger charge is 2.07. The van der Waals surface area contributed by atoms with Crippen LogP contribution in [0.15, 0.2) is 22.7 Å². The summed E-state index contributed by atoms with van der Waals surface area (Å²) in [4.78, 5) is 12.1. The number of alkyl halides is 1. The first-order valence-electron chi connectivity index (χ1n) is 4.88. The van der Waals surface area contributed by atoms with E-state index >= 15 is 0 Å². The van der Waals surface area contributed by atoms with Gasteiger partial charge in [-0.3, -0.25) is 4.79 Å². The van der Waals surface area contributed by atoms with Crippen LogP contribution in [0.4, 0.5) is 0 Å². The van der Waals surface area contributed by atoms with Crippen molar-refractivity contribution in [2.24, 2.45) is 0 Å². The molecular formula is C11H12Br2ClNO. The molecule has 1 rings (SSSR count). The third-order valence-electron chi connectivity index (χ3n) is 2.01. The van der Waals surface area contributed by atoms with Crippen LogP contribution in [0.1, 0.15) is 23.7 Å². The van der Waals surface area contributed by atoms with Crippen LogP contribution in [-0.4, -0.2) is 17.3 Å². The highest BCUT2D eigenvalue weighted by atomic mass is 79.9. The fourth-order valence-electron chi connectivity index (χ4n) is 1.12. The van der Waals surface area contributed by atoms with E-state index in [9.17, 15) is 4.79 Å². The quantitative estimate of drug-likeness (QED) is 0.799. The number of rotatable bonds is 4. The minimum atomic E-state index is -0.0949. The summed E-state index contributed by atoms with van der Waals surface area (Å²) < 4.78 is 0.791. The molecule has 0 spiro atoms. The minimum absolute atomic E-state index is 0.0949. The number of hydrogen-bond acceptors (Lipinski definition) is 1. The van der Waals surface area contributed by atoms with Crippen LogP contribution in [0, 0.1) is 0 Å². The average molecular weight is 369 g/mol. The molecule has 88 valence electrons. The third-order valence-corrected chi connectivity index (χ3v) is 3.70. The fourth-order valence-corrected chi connectivity index (χ4v) is 1.78. The summed E-state index contributed by atoms with van der Waals surface area (Å²) in [5, 5.41) is 3.38. The lowest BCUT2D eigenvalue weighted by Gasteiger charge is -2.07. The van der Waals surface area contributed by atoms with Gasteiger partial charge >= 0.3 is 0 Å². The smallest absolute Gasteiger partial charge is 0.251 e. The first-order chi connectivity index (χ1) is 7.50. The van der Waals surface area contributed by atoms with Crippen molar-refractivity contribution in [2.45, 2.75) is 18.2 Å². The van der Waals surface area contributed by atoms with Gasteiger partial charge < -0.3 is 5.32 Å². The van der Waals surface area contributed by atoms with Gasteiger partial charge in [0.1, 0.15) is 0 Å².